The van der Waals surface area contributed by atoms with Crippen molar-refractivity contribution in [2.75, 3.05) is 11.9 Å². The van der Waals surface area contributed by atoms with Gasteiger partial charge in [-0.05, 0) is 19.1 Å². The molecule has 2 N–H and O–H groups in total. The number of para-hydroxylation sites is 1. The number of ketones is 1. The zero-order valence-electron chi connectivity index (χ0n) is 9.84. The van der Waals surface area contributed by atoms with Crippen molar-refractivity contribution >= 4 is 40.6 Å². The van der Waals surface area contributed by atoms with E-state index in [1.807, 2.05) is 0 Å². The number of guanidine groups is 1. The zero-order chi connectivity index (χ0) is 13.1. The fraction of sp³-hybridized carbons (Fsp3) is 0.333. The van der Waals surface area contributed by atoms with Crippen LogP contribution in [0.4, 0.5) is 5.69 Å². The van der Waals surface area contributed by atoms with Gasteiger partial charge in [-0.25, -0.2) is 0 Å². The number of carbonyl (C=O) groups excluding carboxylic acids is 1. The van der Waals surface area contributed by atoms with Crippen molar-refractivity contribution in [2.45, 2.75) is 19.4 Å². The second kappa shape index (κ2) is 5.59. The predicted octanol–water partition coefficient (Wildman–Crippen LogP) is 2.71. The molecule has 0 amide bonds. The molecule has 0 aromatic heterocycles. The Balaban J connectivity index is 2.02. The van der Waals surface area contributed by atoms with E-state index in [1.54, 1.807) is 25.1 Å². The van der Waals surface area contributed by atoms with Gasteiger partial charge in [-0.1, -0.05) is 29.3 Å². The molecule has 1 unspecified atom stereocenters. The van der Waals surface area contributed by atoms with Crippen molar-refractivity contribution < 1.29 is 4.79 Å². The largest absolute Gasteiger partial charge is 0.351 e. The molecule has 0 radical (unpaired) electrons. The lowest BCUT2D eigenvalue weighted by molar-refractivity contribution is -0.117. The van der Waals surface area contributed by atoms with Crippen LogP contribution in [0.15, 0.2) is 23.2 Å². The number of nitrogens with zero attached hydrogens (tertiary/aromatic N) is 1. The molecule has 1 aliphatic heterocycles. The maximum atomic E-state index is 11.0. The van der Waals surface area contributed by atoms with Gasteiger partial charge in [0.2, 0.25) is 0 Å². The molecule has 18 heavy (non-hydrogen) atoms. The van der Waals surface area contributed by atoms with Gasteiger partial charge >= 0.3 is 0 Å². The van der Waals surface area contributed by atoms with Gasteiger partial charge in [-0.2, -0.15) is 0 Å². The first-order valence-corrected chi connectivity index (χ1v) is 6.33. The summed E-state index contributed by atoms with van der Waals surface area (Å²) < 4.78 is 0. The van der Waals surface area contributed by atoms with Crippen LogP contribution in [-0.2, 0) is 4.79 Å². The van der Waals surface area contributed by atoms with Gasteiger partial charge in [0.15, 0.2) is 5.96 Å². The lowest BCUT2D eigenvalue weighted by Gasteiger charge is -2.13. The summed E-state index contributed by atoms with van der Waals surface area (Å²) in [5.74, 6) is 0.732. The highest BCUT2D eigenvalue weighted by Gasteiger charge is 2.19. The van der Waals surface area contributed by atoms with E-state index >= 15 is 0 Å². The van der Waals surface area contributed by atoms with E-state index in [9.17, 15) is 4.79 Å². The van der Waals surface area contributed by atoms with Gasteiger partial charge in [0.25, 0.3) is 0 Å². The number of aliphatic imine (C=N–C) groups is 1. The SMILES string of the molecule is CC(=O)CC1CN=C(Nc2c(Cl)cccc2Cl)N1. The monoisotopic (exact) mass is 285 g/mol. The summed E-state index contributed by atoms with van der Waals surface area (Å²) in [5.41, 5.74) is 0.621. The minimum absolute atomic E-state index is 0.0475. The molecule has 0 aliphatic carbocycles. The van der Waals surface area contributed by atoms with Crippen LogP contribution >= 0.6 is 23.2 Å². The molecule has 0 bridgehead atoms. The third-order valence-electron chi connectivity index (χ3n) is 2.55. The molecule has 1 heterocycles. The molecule has 1 aromatic rings. The summed E-state index contributed by atoms with van der Waals surface area (Å²) in [7, 11) is 0. The van der Waals surface area contributed by atoms with Crippen LogP contribution < -0.4 is 10.6 Å². The lowest BCUT2D eigenvalue weighted by atomic mass is 10.2. The number of hydrogen-bond donors (Lipinski definition) is 2. The van der Waals surface area contributed by atoms with E-state index in [2.05, 4.69) is 15.6 Å². The summed E-state index contributed by atoms with van der Waals surface area (Å²) in [5, 5.41) is 7.23. The highest BCUT2D eigenvalue weighted by molar-refractivity contribution is 6.39. The van der Waals surface area contributed by atoms with Crippen LogP contribution in [0.1, 0.15) is 13.3 Å². The average Bonchev–Trinajstić information content (AvgIpc) is 2.70. The molecule has 0 saturated carbocycles. The Morgan fingerprint density at radius 1 is 1.50 bits per heavy atom. The van der Waals surface area contributed by atoms with E-state index in [0.29, 0.717) is 34.7 Å². The molecular formula is C12H13Cl2N3O. The van der Waals surface area contributed by atoms with Crippen molar-refractivity contribution in [1.82, 2.24) is 5.32 Å². The number of rotatable bonds is 3. The third-order valence-corrected chi connectivity index (χ3v) is 3.18. The van der Waals surface area contributed by atoms with Gasteiger partial charge in [0, 0.05) is 6.42 Å². The Kier molecular flexibility index (Phi) is 4.09. The summed E-state index contributed by atoms with van der Waals surface area (Å²) in [4.78, 5) is 15.3. The lowest BCUT2D eigenvalue weighted by Crippen LogP contribution is -2.35. The zero-order valence-corrected chi connectivity index (χ0v) is 11.3. The van der Waals surface area contributed by atoms with Crippen molar-refractivity contribution in [3.8, 4) is 0 Å². The Hall–Kier alpha value is -1.26. The summed E-state index contributed by atoms with van der Waals surface area (Å²) in [6.07, 6.45) is 0.463. The van der Waals surface area contributed by atoms with Crippen LogP contribution in [0.5, 0.6) is 0 Å². The Morgan fingerprint density at radius 3 is 2.78 bits per heavy atom. The van der Waals surface area contributed by atoms with Gasteiger partial charge in [0.05, 0.1) is 28.3 Å². The fourth-order valence-corrected chi connectivity index (χ4v) is 2.25. The standard InChI is InChI=1S/C12H13Cl2N3O/c1-7(18)5-8-6-15-12(16-8)17-11-9(13)3-2-4-10(11)14/h2-4,8H,5-6H2,1H3,(H2,15,16,17). The highest BCUT2D eigenvalue weighted by Crippen LogP contribution is 2.29. The summed E-state index contributed by atoms with van der Waals surface area (Å²) in [6.45, 7) is 2.14. The fourth-order valence-electron chi connectivity index (χ4n) is 1.76. The molecule has 6 heteroatoms. The second-order valence-electron chi connectivity index (χ2n) is 4.16. The molecule has 2 rings (SSSR count). The first-order valence-electron chi connectivity index (χ1n) is 5.57. The number of carbonyl (C=O) groups is 1. The van der Waals surface area contributed by atoms with E-state index in [4.69, 9.17) is 23.2 Å². The molecule has 96 valence electrons. The van der Waals surface area contributed by atoms with E-state index < -0.39 is 0 Å². The Morgan fingerprint density at radius 2 is 2.17 bits per heavy atom. The highest BCUT2D eigenvalue weighted by atomic mass is 35.5. The molecule has 1 aliphatic rings. The second-order valence-corrected chi connectivity index (χ2v) is 4.97. The maximum absolute atomic E-state index is 11.0. The van der Waals surface area contributed by atoms with Crippen molar-refractivity contribution in [3.63, 3.8) is 0 Å². The average molecular weight is 286 g/mol. The van der Waals surface area contributed by atoms with Crippen molar-refractivity contribution in [2.24, 2.45) is 4.99 Å². The van der Waals surface area contributed by atoms with Gasteiger partial charge < -0.3 is 10.6 Å². The molecular weight excluding hydrogens is 273 g/mol. The molecule has 0 fully saturated rings. The molecule has 4 nitrogen and oxygen atoms in total. The minimum Gasteiger partial charge on any atom is -0.351 e. The molecule has 1 aromatic carbocycles. The first-order chi connectivity index (χ1) is 8.56. The number of Topliss-reactive ketones (excluding diaryl/α,β-unsaturated/α-hetero) is 1. The topological polar surface area (TPSA) is 53.5 Å². The minimum atomic E-state index is 0.0475. The van der Waals surface area contributed by atoms with E-state index in [1.165, 1.54) is 0 Å². The van der Waals surface area contributed by atoms with Crippen LogP contribution in [0.25, 0.3) is 0 Å². The quantitative estimate of drug-likeness (QED) is 0.898. The van der Waals surface area contributed by atoms with E-state index in [0.717, 1.165) is 0 Å². The van der Waals surface area contributed by atoms with Gasteiger partial charge in [0.1, 0.15) is 5.78 Å². The third kappa shape index (κ3) is 3.15. The molecule has 0 saturated heterocycles. The Bertz CT molecular complexity index is 482. The van der Waals surface area contributed by atoms with Crippen molar-refractivity contribution in [3.05, 3.63) is 28.2 Å². The van der Waals surface area contributed by atoms with Crippen LogP contribution in [-0.4, -0.2) is 24.3 Å². The number of nitrogens with one attached hydrogen (secondary N) is 2. The first kappa shape index (κ1) is 13.2. The normalized spacial score (nSPS) is 18.2. The Labute approximate surface area is 115 Å². The van der Waals surface area contributed by atoms with Gasteiger partial charge in [-0.15, -0.1) is 0 Å². The van der Waals surface area contributed by atoms with Gasteiger partial charge in [-0.3, -0.25) is 9.79 Å². The van der Waals surface area contributed by atoms with Crippen molar-refractivity contribution in [1.29, 1.82) is 0 Å². The predicted molar refractivity (Wildman–Crippen MR) is 74.6 cm³/mol. The smallest absolute Gasteiger partial charge is 0.196 e. The van der Waals surface area contributed by atoms with Crippen LogP contribution in [0.2, 0.25) is 10.0 Å². The summed E-state index contributed by atoms with van der Waals surface area (Å²) >= 11 is 12.1. The molecule has 1 atom stereocenters. The molecule has 0 spiro atoms. The van der Waals surface area contributed by atoms with Crippen LogP contribution in [0.3, 0.4) is 0 Å². The van der Waals surface area contributed by atoms with Crippen LogP contribution in [0, 0.1) is 0 Å². The van der Waals surface area contributed by atoms with E-state index in [-0.39, 0.29) is 11.8 Å². The summed E-state index contributed by atoms with van der Waals surface area (Å²) in [6, 6.07) is 5.32. The number of benzene rings is 1. The number of hydrogen-bond acceptors (Lipinski definition) is 4. The number of halogens is 2. The maximum Gasteiger partial charge on any atom is 0.196 e. The number of anilines is 1.